The fourth-order valence-corrected chi connectivity index (χ4v) is 2.36. The Morgan fingerprint density at radius 1 is 1.09 bits per heavy atom. The van der Waals surface area contributed by atoms with Crippen LogP contribution >= 0.6 is 12.4 Å². The van der Waals surface area contributed by atoms with Gasteiger partial charge in [0.2, 0.25) is 5.95 Å². The fraction of sp³-hybridized carbons (Fsp3) is 0. The van der Waals surface area contributed by atoms with E-state index >= 15 is 0 Å². The molecule has 0 bridgehead atoms. The first-order valence-corrected chi connectivity index (χ1v) is 6.76. The third-order valence-electron chi connectivity index (χ3n) is 3.39. The van der Waals surface area contributed by atoms with Crippen LogP contribution in [0.2, 0.25) is 0 Å². The molecule has 4 aromatic rings. The van der Waals surface area contributed by atoms with Crippen LogP contribution in [0.15, 0.2) is 61.2 Å². The second-order valence-electron chi connectivity index (χ2n) is 4.77. The van der Waals surface area contributed by atoms with E-state index in [0.717, 1.165) is 16.6 Å². The third-order valence-corrected chi connectivity index (χ3v) is 3.39. The highest BCUT2D eigenvalue weighted by molar-refractivity contribution is 6.04. The maximum absolute atomic E-state index is 12.3. The summed E-state index contributed by atoms with van der Waals surface area (Å²) in [6.45, 7) is 0. The van der Waals surface area contributed by atoms with E-state index in [1.54, 1.807) is 35.1 Å². The number of aromatic nitrogens is 4. The lowest BCUT2D eigenvalue weighted by molar-refractivity contribution is 0.102. The van der Waals surface area contributed by atoms with E-state index in [0.29, 0.717) is 11.5 Å². The minimum atomic E-state index is -0.258. The number of carbonyl (C=O) groups is 1. The number of fused-ring (bicyclic) bond motifs is 3. The van der Waals surface area contributed by atoms with Crippen molar-refractivity contribution >= 4 is 40.8 Å². The molecule has 1 amide bonds. The summed E-state index contributed by atoms with van der Waals surface area (Å²) >= 11 is 0. The molecule has 0 saturated carbocycles. The summed E-state index contributed by atoms with van der Waals surface area (Å²) in [6, 6.07) is 11.1. The summed E-state index contributed by atoms with van der Waals surface area (Å²) in [5.41, 5.74) is 2.01. The van der Waals surface area contributed by atoms with Gasteiger partial charge in [-0.3, -0.25) is 19.5 Å². The fourth-order valence-electron chi connectivity index (χ4n) is 2.36. The van der Waals surface area contributed by atoms with Gasteiger partial charge in [0.25, 0.3) is 5.91 Å². The zero-order valence-corrected chi connectivity index (χ0v) is 12.7. The maximum atomic E-state index is 12.3. The average molecular weight is 326 g/mol. The molecule has 0 aliphatic carbocycles. The van der Waals surface area contributed by atoms with E-state index in [1.165, 1.54) is 6.20 Å². The van der Waals surface area contributed by atoms with E-state index < -0.39 is 0 Å². The first-order chi connectivity index (χ1) is 10.8. The molecule has 1 aromatic carbocycles. The Morgan fingerprint density at radius 3 is 2.78 bits per heavy atom. The van der Waals surface area contributed by atoms with Gasteiger partial charge < -0.3 is 0 Å². The van der Waals surface area contributed by atoms with Crippen LogP contribution in [0.4, 0.5) is 5.95 Å². The molecule has 0 unspecified atom stereocenters. The number of imidazole rings is 1. The molecule has 1 N–H and O–H groups in total. The van der Waals surface area contributed by atoms with Crippen molar-refractivity contribution in [3.63, 3.8) is 0 Å². The number of benzene rings is 1. The van der Waals surface area contributed by atoms with Gasteiger partial charge >= 0.3 is 0 Å². The normalized spacial score (nSPS) is 10.4. The first-order valence-electron chi connectivity index (χ1n) is 6.76. The molecule has 0 saturated heterocycles. The Hall–Kier alpha value is -2.99. The highest BCUT2D eigenvalue weighted by atomic mass is 35.5. The van der Waals surface area contributed by atoms with Crippen molar-refractivity contribution in [3.8, 4) is 0 Å². The molecular formula is C16H12ClN5O. The Kier molecular flexibility index (Phi) is 3.91. The number of nitrogens with one attached hydrogen (secondary N) is 1. The topological polar surface area (TPSA) is 72.2 Å². The van der Waals surface area contributed by atoms with Gasteiger partial charge in [-0.25, -0.2) is 9.97 Å². The Morgan fingerprint density at radius 2 is 1.96 bits per heavy atom. The van der Waals surface area contributed by atoms with Crippen molar-refractivity contribution in [3.05, 3.63) is 66.7 Å². The average Bonchev–Trinajstić information content (AvgIpc) is 3.06. The molecule has 0 atom stereocenters. The number of anilines is 1. The van der Waals surface area contributed by atoms with Crippen LogP contribution in [-0.4, -0.2) is 25.3 Å². The first kappa shape index (κ1) is 14.9. The number of amides is 1. The molecule has 3 heterocycles. The number of pyridine rings is 1. The Bertz CT molecular complexity index is 984. The van der Waals surface area contributed by atoms with Crippen molar-refractivity contribution in [2.24, 2.45) is 0 Å². The van der Waals surface area contributed by atoms with Crippen molar-refractivity contribution in [1.82, 2.24) is 19.4 Å². The number of halogens is 1. The molecule has 0 spiro atoms. The van der Waals surface area contributed by atoms with Crippen molar-refractivity contribution in [2.45, 2.75) is 0 Å². The quantitative estimate of drug-likeness (QED) is 0.615. The van der Waals surface area contributed by atoms with Crippen LogP contribution in [0.1, 0.15) is 10.4 Å². The van der Waals surface area contributed by atoms with E-state index in [4.69, 9.17) is 0 Å². The van der Waals surface area contributed by atoms with E-state index in [2.05, 4.69) is 20.3 Å². The maximum Gasteiger partial charge on any atom is 0.259 e. The lowest BCUT2D eigenvalue weighted by Gasteiger charge is -2.09. The van der Waals surface area contributed by atoms with Crippen LogP contribution in [0, 0.1) is 0 Å². The minimum Gasteiger partial charge on any atom is -0.291 e. The number of para-hydroxylation sites is 1. The summed E-state index contributed by atoms with van der Waals surface area (Å²) in [5, 5.41) is 3.75. The van der Waals surface area contributed by atoms with Gasteiger partial charge in [-0.05, 0) is 24.3 Å². The van der Waals surface area contributed by atoms with Gasteiger partial charge in [0.15, 0.2) is 0 Å². The van der Waals surface area contributed by atoms with Gasteiger partial charge in [-0.2, -0.15) is 0 Å². The van der Waals surface area contributed by atoms with Crippen LogP contribution in [0.5, 0.6) is 0 Å². The number of rotatable bonds is 2. The van der Waals surface area contributed by atoms with E-state index in [9.17, 15) is 4.79 Å². The highest BCUT2D eigenvalue weighted by Crippen LogP contribution is 2.20. The Labute approximate surface area is 137 Å². The summed E-state index contributed by atoms with van der Waals surface area (Å²) in [4.78, 5) is 25.1. The van der Waals surface area contributed by atoms with Crippen LogP contribution in [-0.2, 0) is 0 Å². The van der Waals surface area contributed by atoms with Crippen molar-refractivity contribution < 1.29 is 4.79 Å². The summed E-state index contributed by atoms with van der Waals surface area (Å²) in [7, 11) is 0. The molecule has 0 radical (unpaired) electrons. The van der Waals surface area contributed by atoms with E-state index in [-0.39, 0.29) is 18.3 Å². The molecule has 4 rings (SSSR count). The lowest BCUT2D eigenvalue weighted by atomic mass is 10.2. The SMILES string of the molecule is Cl.O=C(Nc1nc2ccccc2c2nccn12)c1cccnc1. The zero-order chi connectivity index (χ0) is 14.9. The molecule has 114 valence electrons. The largest absolute Gasteiger partial charge is 0.291 e. The monoisotopic (exact) mass is 325 g/mol. The smallest absolute Gasteiger partial charge is 0.259 e. The molecule has 23 heavy (non-hydrogen) atoms. The number of carbonyl (C=O) groups excluding carboxylic acids is 1. The summed E-state index contributed by atoms with van der Waals surface area (Å²) in [6.07, 6.45) is 6.59. The van der Waals surface area contributed by atoms with Gasteiger partial charge in [0.1, 0.15) is 5.65 Å². The predicted octanol–water partition coefficient (Wildman–Crippen LogP) is 2.95. The molecule has 6 nitrogen and oxygen atoms in total. The molecule has 0 aliphatic rings. The van der Waals surface area contributed by atoms with Gasteiger partial charge in [0, 0.05) is 30.2 Å². The van der Waals surface area contributed by atoms with Gasteiger partial charge in [-0.15, -0.1) is 12.4 Å². The highest BCUT2D eigenvalue weighted by Gasteiger charge is 2.12. The van der Waals surface area contributed by atoms with Crippen molar-refractivity contribution in [2.75, 3.05) is 5.32 Å². The molecule has 0 fully saturated rings. The Balaban J connectivity index is 0.00000156. The molecule has 7 heteroatoms. The summed E-state index contributed by atoms with van der Waals surface area (Å²) in [5.74, 6) is 0.172. The molecule has 3 aromatic heterocycles. The number of hydrogen-bond acceptors (Lipinski definition) is 4. The lowest BCUT2D eigenvalue weighted by Crippen LogP contribution is -2.15. The van der Waals surface area contributed by atoms with E-state index in [1.807, 2.05) is 24.3 Å². The van der Waals surface area contributed by atoms with Gasteiger partial charge in [-0.1, -0.05) is 12.1 Å². The molecule has 0 aliphatic heterocycles. The molecular weight excluding hydrogens is 314 g/mol. The second kappa shape index (κ2) is 6.02. The van der Waals surface area contributed by atoms with Gasteiger partial charge in [0.05, 0.1) is 11.1 Å². The number of hydrogen-bond donors (Lipinski definition) is 1. The summed E-state index contributed by atoms with van der Waals surface area (Å²) < 4.78 is 1.76. The van der Waals surface area contributed by atoms with Crippen LogP contribution < -0.4 is 5.32 Å². The zero-order valence-electron chi connectivity index (χ0n) is 11.9. The van der Waals surface area contributed by atoms with Crippen LogP contribution in [0.3, 0.4) is 0 Å². The number of nitrogens with zero attached hydrogens (tertiary/aromatic N) is 4. The predicted molar refractivity (Wildman–Crippen MR) is 89.9 cm³/mol. The second-order valence-corrected chi connectivity index (χ2v) is 4.77. The minimum absolute atomic E-state index is 0. The third kappa shape index (κ3) is 2.60. The van der Waals surface area contributed by atoms with Crippen LogP contribution in [0.25, 0.3) is 16.6 Å². The van der Waals surface area contributed by atoms with Crippen molar-refractivity contribution in [1.29, 1.82) is 0 Å². The standard InChI is InChI=1S/C16H11N5O.ClH/c22-15(11-4-3-7-17-10-11)20-16-19-13-6-2-1-5-12(13)14-18-8-9-21(14)16;/h1-10H,(H,19,20,22);1H.